The Bertz CT molecular complexity index is 800. The van der Waals surface area contributed by atoms with E-state index >= 15 is 0 Å². The lowest BCUT2D eigenvalue weighted by Crippen LogP contribution is -1.99. The van der Waals surface area contributed by atoms with Gasteiger partial charge in [-0.15, -0.1) is 0 Å². The number of rotatable bonds is 3. The van der Waals surface area contributed by atoms with Crippen LogP contribution in [0, 0.1) is 11.6 Å². The highest BCUT2D eigenvalue weighted by molar-refractivity contribution is 5.85. The third kappa shape index (κ3) is 2.79. The molecule has 3 aromatic rings. The molecule has 0 amide bonds. The van der Waals surface area contributed by atoms with E-state index in [1.807, 2.05) is 24.3 Å². The van der Waals surface area contributed by atoms with Crippen LogP contribution in [-0.4, -0.2) is 5.11 Å². The van der Waals surface area contributed by atoms with Gasteiger partial charge in [0.25, 0.3) is 0 Å². The number of fused-ring (bicyclic) bond motifs is 1. The van der Waals surface area contributed by atoms with E-state index in [-0.39, 0.29) is 23.7 Å². The van der Waals surface area contributed by atoms with Crippen LogP contribution < -0.4 is 4.74 Å². The summed E-state index contributed by atoms with van der Waals surface area (Å²) in [6.07, 6.45) is 0. The Kier molecular flexibility index (Phi) is 3.44. The van der Waals surface area contributed by atoms with E-state index in [1.165, 1.54) is 0 Å². The summed E-state index contributed by atoms with van der Waals surface area (Å²) in [6, 6.07) is 13.9. The van der Waals surface area contributed by atoms with Gasteiger partial charge < -0.3 is 9.84 Å². The zero-order chi connectivity index (χ0) is 14.8. The Morgan fingerprint density at radius 2 is 1.62 bits per heavy atom. The van der Waals surface area contributed by atoms with Gasteiger partial charge >= 0.3 is 0 Å². The number of phenolic OH excluding ortho intramolecular Hbond substituents is 1. The zero-order valence-electron chi connectivity index (χ0n) is 11.0. The molecule has 0 aromatic heterocycles. The monoisotopic (exact) mass is 286 g/mol. The van der Waals surface area contributed by atoms with Crippen molar-refractivity contribution in [1.82, 2.24) is 0 Å². The third-order valence-corrected chi connectivity index (χ3v) is 3.22. The summed E-state index contributed by atoms with van der Waals surface area (Å²) >= 11 is 0. The van der Waals surface area contributed by atoms with Crippen molar-refractivity contribution in [2.75, 3.05) is 0 Å². The summed E-state index contributed by atoms with van der Waals surface area (Å²) in [6.45, 7) is -0.157. The molecule has 0 saturated heterocycles. The maximum atomic E-state index is 13.5. The van der Waals surface area contributed by atoms with Crippen molar-refractivity contribution in [3.63, 3.8) is 0 Å². The molecular formula is C17H12F2O2. The first-order chi connectivity index (χ1) is 10.1. The molecule has 106 valence electrons. The molecule has 0 bridgehead atoms. The van der Waals surface area contributed by atoms with Gasteiger partial charge in [0, 0.05) is 5.56 Å². The SMILES string of the molecule is Oc1cc2ccccc2cc1OCc1cc(F)ccc1F. The lowest BCUT2D eigenvalue weighted by molar-refractivity contribution is 0.283. The number of hydrogen-bond donors (Lipinski definition) is 1. The van der Waals surface area contributed by atoms with Crippen molar-refractivity contribution in [2.24, 2.45) is 0 Å². The fourth-order valence-electron chi connectivity index (χ4n) is 2.13. The van der Waals surface area contributed by atoms with E-state index in [2.05, 4.69) is 0 Å². The largest absolute Gasteiger partial charge is 0.504 e. The average Bonchev–Trinajstić information content (AvgIpc) is 2.48. The van der Waals surface area contributed by atoms with E-state index < -0.39 is 11.6 Å². The Morgan fingerprint density at radius 3 is 2.38 bits per heavy atom. The fourth-order valence-corrected chi connectivity index (χ4v) is 2.13. The molecule has 2 nitrogen and oxygen atoms in total. The molecule has 0 radical (unpaired) electrons. The number of hydrogen-bond acceptors (Lipinski definition) is 2. The molecule has 3 rings (SSSR count). The average molecular weight is 286 g/mol. The van der Waals surface area contributed by atoms with Gasteiger partial charge in [0.2, 0.25) is 0 Å². The van der Waals surface area contributed by atoms with E-state index in [1.54, 1.807) is 12.1 Å². The van der Waals surface area contributed by atoms with Gasteiger partial charge in [-0.25, -0.2) is 8.78 Å². The van der Waals surface area contributed by atoms with Gasteiger partial charge in [-0.2, -0.15) is 0 Å². The third-order valence-electron chi connectivity index (χ3n) is 3.22. The molecule has 0 fully saturated rings. The normalized spacial score (nSPS) is 10.8. The van der Waals surface area contributed by atoms with Gasteiger partial charge in [0.1, 0.15) is 18.2 Å². The fraction of sp³-hybridized carbons (Fsp3) is 0.0588. The van der Waals surface area contributed by atoms with E-state index in [0.717, 1.165) is 29.0 Å². The Hall–Kier alpha value is -2.62. The van der Waals surface area contributed by atoms with E-state index in [9.17, 15) is 13.9 Å². The van der Waals surface area contributed by atoms with Crippen LogP contribution in [-0.2, 0) is 6.61 Å². The van der Waals surface area contributed by atoms with Crippen LogP contribution in [0.4, 0.5) is 8.78 Å². The molecule has 0 spiro atoms. The van der Waals surface area contributed by atoms with Crippen LogP contribution in [0.25, 0.3) is 10.8 Å². The van der Waals surface area contributed by atoms with Crippen LogP contribution in [0.3, 0.4) is 0 Å². The molecule has 1 N–H and O–H groups in total. The van der Waals surface area contributed by atoms with Crippen molar-refractivity contribution < 1.29 is 18.6 Å². The van der Waals surface area contributed by atoms with Crippen LogP contribution in [0.1, 0.15) is 5.56 Å². The second-order valence-electron chi connectivity index (χ2n) is 4.69. The number of phenols is 1. The molecule has 0 unspecified atom stereocenters. The maximum absolute atomic E-state index is 13.5. The van der Waals surface area contributed by atoms with Crippen molar-refractivity contribution in [1.29, 1.82) is 0 Å². The number of aromatic hydroxyl groups is 1. The molecule has 0 aliphatic carbocycles. The quantitative estimate of drug-likeness (QED) is 0.773. The second-order valence-corrected chi connectivity index (χ2v) is 4.69. The Labute approximate surface area is 120 Å². The summed E-state index contributed by atoms with van der Waals surface area (Å²) in [5, 5.41) is 11.7. The van der Waals surface area contributed by atoms with Crippen LogP contribution >= 0.6 is 0 Å². The maximum Gasteiger partial charge on any atom is 0.162 e. The Balaban J connectivity index is 1.88. The van der Waals surface area contributed by atoms with E-state index in [0.29, 0.717) is 0 Å². The van der Waals surface area contributed by atoms with Crippen molar-refractivity contribution in [2.45, 2.75) is 6.61 Å². The topological polar surface area (TPSA) is 29.5 Å². The molecule has 3 aromatic carbocycles. The predicted octanol–water partition coefficient (Wildman–Crippen LogP) is 4.40. The minimum absolute atomic E-state index is 0.0366. The highest BCUT2D eigenvalue weighted by Gasteiger charge is 2.08. The molecular weight excluding hydrogens is 274 g/mol. The van der Waals surface area contributed by atoms with Crippen molar-refractivity contribution in [3.05, 3.63) is 71.8 Å². The predicted molar refractivity (Wildman–Crippen MR) is 76.3 cm³/mol. The highest BCUT2D eigenvalue weighted by atomic mass is 19.1. The molecule has 4 heteroatoms. The van der Waals surface area contributed by atoms with E-state index in [4.69, 9.17) is 4.74 Å². The number of ether oxygens (including phenoxy) is 1. The minimum Gasteiger partial charge on any atom is -0.504 e. The minimum atomic E-state index is -0.545. The first-order valence-electron chi connectivity index (χ1n) is 6.42. The molecule has 0 aliphatic rings. The van der Waals surface area contributed by atoms with Gasteiger partial charge in [-0.3, -0.25) is 0 Å². The second kappa shape index (κ2) is 5.40. The lowest BCUT2D eigenvalue weighted by Gasteiger charge is -2.10. The molecule has 0 atom stereocenters. The number of benzene rings is 3. The summed E-state index contributed by atoms with van der Waals surface area (Å²) in [5.74, 6) is -0.878. The highest BCUT2D eigenvalue weighted by Crippen LogP contribution is 2.32. The van der Waals surface area contributed by atoms with Crippen LogP contribution in [0.15, 0.2) is 54.6 Å². The van der Waals surface area contributed by atoms with Crippen molar-refractivity contribution >= 4 is 10.8 Å². The summed E-state index contributed by atoms with van der Waals surface area (Å²) in [7, 11) is 0. The summed E-state index contributed by atoms with van der Waals surface area (Å²) < 4.78 is 32.0. The van der Waals surface area contributed by atoms with Crippen LogP contribution in [0.2, 0.25) is 0 Å². The smallest absolute Gasteiger partial charge is 0.162 e. The molecule has 0 saturated carbocycles. The molecule has 21 heavy (non-hydrogen) atoms. The summed E-state index contributed by atoms with van der Waals surface area (Å²) in [5.41, 5.74) is 0.0996. The first kappa shape index (κ1) is 13.4. The van der Waals surface area contributed by atoms with Crippen LogP contribution in [0.5, 0.6) is 11.5 Å². The zero-order valence-corrected chi connectivity index (χ0v) is 11.0. The molecule has 0 aliphatic heterocycles. The Morgan fingerprint density at radius 1 is 0.905 bits per heavy atom. The lowest BCUT2D eigenvalue weighted by atomic mass is 10.1. The van der Waals surface area contributed by atoms with Crippen molar-refractivity contribution in [3.8, 4) is 11.5 Å². The van der Waals surface area contributed by atoms with Gasteiger partial charge in [0.05, 0.1) is 0 Å². The van der Waals surface area contributed by atoms with Gasteiger partial charge in [0.15, 0.2) is 11.5 Å². The number of halogens is 2. The van der Waals surface area contributed by atoms with Gasteiger partial charge in [-0.05, 0) is 41.1 Å². The first-order valence-corrected chi connectivity index (χ1v) is 6.42. The summed E-state index contributed by atoms with van der Waals surface area (Å²) in [4.78, 5) is 0. The standard InChI is InChI=1S/C17H12F2O2/c18-14-5-6-15(19)13(7-14)10-21-17-9-12-4-2-1-3-11(12)8-16(17)20/h1-9,20H,10H2. The van der Waals surface area contributed by atoms with Gasteiger partial charge in [-0.1, -0.05) is 24.3 Å². The molecule has 0 heterocycles.